The van der Waals surface area contributed by atoms with Crippen LogP contribution in [0, 0.1) is 16.7 Å². The summed E-state index contributed by atoms with van der Waals surface area (Å²) in [5, 5.41) is 0. The molecule has 0 N–H and O–H groups in total. The Balaban J connectivity index is 1.76. The van der Waals surface area contributed by atoms with Crippen LogP contribution in [-0.2, 0) is 9.53 Å². The van der Waals surface area contributed by atoms with Crippen molar-refractivity contribution in [1.29, 1.82) is 0 Å². The van der Waals surface area contributed by atoms with Gasteiger partial charge in [-0.1, -0.05) is 13.8 Å². The average molecular weight is 250 g/mol. The minimum atomic E-state index is -0.0486. The predicted molar refractivity (Wildman–Crippen MR) is 71.4 cm³/mol. The molecule has 1 heterocycles. The highest BCUT2D eigenvalue weighted by atomic mass is 16.6. The summed E-state index contributed by atoms with van der Waals surface area (Å²) in [7, 11) is 0. The summed E-state index contributed by atoms with van der Waals surface area (Å²) < 4.78 is 5.86. The first-order chi connectivity index (χ1) is 8.15. The smallest absolute Gasteiger partial charge is 0.139 e. The Kier molecular flexibility index (Phi) is 2.25. The summed E-state index contributed by atoms with van der Waals surface area (Å²) in [6, 6.07) is 0. The van der Waals surface area contributed by atoms with Gasteiger partial charge in [0.15, 0.2) is 0 Å². The standard InChI is InChI=1S/C16H26O2/c1-13(2)16(5,18-13)9-8-14(3)11-6-7-15(14,4)12(17)10-11/h11H,6-10H2,1-5H3. The number of ketones is 1. The fourth-order valence-corrected chi connectivity index (χ4v) is 4.62. The van der Waals surface area contributed by atoms with Gasteiger partial charge in [-0.15, -0.1) is 0 Å². The van der Waals surface area contributed by atoms with E-state index in [0.717, 1.165) is 25.7 Å². The first-order valence-electron chi connectivity index (χ1n) is 7.38. The lowest BCUT2D eigenvalue weighted by atomic mass is 9.65. The highest BCUT2D eigenvalue weighted by molar-refractivity contribution is 5.89. The first-order valence-corrected chi connectivity index (χ1v) is 7.38. The molecule has 0 amide bonds. The number of epoxide rings is 1. The Morgan fingerprint density at radius 2 is 1.78 bits per heavy atom. The quantitative estimate of drug-likeness (QED) is 0.714. The van der Waals surface area contributed by atoms with Gasteiger partial charge in [-0.05, 0) is 57.8 Å². The van der Waals surface area contributed by atoms with E-state index in [4.69, 9.17) is 4.74 Å². The average Bonchev–Trinajstić information content (AvgIpc) is 2.58. The summed E-state index contributed by atoms with van der Waals surface area (Å²) in [6.07, 6.45) is 5.41. The molecule has 0 radical (unpaired) electrons. The van der Waals surface area contributed by atoms with Crippen LogP contribution in [0.25, 0.3) is 0 Å². The predicted octanol–water partition coefficient (Wildman–Crippen LogP) is 3.73. The molecule has 2 nitrogen and oxygen atoms in total. The van der Waals surface area contributed by atoms with Gasteiger partial charge in [0.2, 0.25) is 0 Å². The van der Waals surface area contributed by atoms with Crippen LogP contribution in [0.5, 0.6) is 0 Å². The molecule has 1 saturated heterocycles. The Morgan fingerprint density at radius 3 is 2.17 bits per heavy atom. The number of hydrogen-bond acceptors (Lipinski definition) is 2. The summed E-state index contributed by atoms with van der Waals surface area (Å²) in [5.41, 5.74) is 0.242. The molecule has 2 aliphatic carbocycles. The third-order valence-electron chi connectivity index (χ3n) is 7.04. The summed E-state index contributed by atoms with van der Waals surface area (Å²) in [5.74, 6) is 1.14. The maximum absolute atomic E-state index is 12.2. The number of carbonyl (C=O) groups excluding carboxylic acids is 1. The zero-order valence-electron chi connectivity index (χ0n) is 12.4. The number of rotatable bonds is 3. The monoisotopic (exact) mass is 250 g/mol. The van der Waals surface area contributed by atoms with Gasteiger partial charge in [-0.3, -0.25) is 4.79 Å². The summed E-state index contributed by atoms with van der Waals surface area (Å²) in [6.45, 7) is 11.1. The molecular formula is C16H26O2. The molecule has 2 bridgehead atoms. The largest absolute Gasteiger partial charge is 0.363 e. The van der Waals surface area contributed by atoms with Crippen LogP contribution in [0.3, 0.4) is 0 Å². The lowest BCUT2D eigenvalue weighted by Crippen LogP contribution is -2.36. The molecule has 102 valence electrons. The number of fused-ring (bicyclic) bond motifs is 2. The van der Waals surface area contributed by atoms with E-state index in [-0.39, 0.29) is 22.0 Å². The van der Waals surface area contributed by atoms with Crippen LogP contribution in [-0.4, -0.2) is 17.0 Å². The third-order valence-corrected chi connectivity index (χ3v) is 7.04. The molecule has 4 atom stereocenters. The molecule has 18 heavy (non-hydrogen) atoms. The zero-order chi connectivity index (χ0) is 13.4. The van der Waals surface area contributed by atoms with E-state index < -0.39 is 0 Å². The van der Waals surface area contributed by atoms with Gasteiger partial charge in [0, 0.05) is 11.8 Å². The molecule has 3 rings (SSSR count). The maximum Gasteiger partial charge on any atom is 0.139 e. The second kappa shape index (κ2) is 3.20. The van der Waals surface area contributed by atoms with E-state index in [2.05, 4.69) is 34.6 Å². The van der Waals surface area contributed by atoms with E-state index in [1.165, 1.54) is 6.42 Å². The minimum absolute atomic E-state index is 0.0337. The fraction of sp³-hybridized carbons (Fsp3) is 0.938. The van der Waals surface area contributed by atoms with Crippen molar-refractivity contribution in [2.45, 2.75) is 77.9 Å². The van der Waals surface area contributed by atoms with E-state index in [1.807, 2.05) is 0 Å². The van der Waals surface area contributed by atoms with Crippen molar-refractivity contribution in [3.8, 4) is 0 Å². The van der Waals surface area contributed by atoms with E-state index >= 15 is 0 Å². The van der Waals surface area contributed by atoms with Crippen LogP contribution >= 0.6 is 0 Å². The number of hydrogen-bond donors (Lipinski definition) is 0. The minimum Gasteiger partial charge on any atom is -0.363 e. The summed E-state index contributed by atoms with van der Waals surface area (Å²) in [4.78, 5) is 12.2. The van der Waals surface area contributed by atoms with Gasteiger partial charge >= 0.3 is 0 Å². The van der Waals surface area contributed by atoms with Crippen molar-refractivity contribution in [3.63, 3.8) is 0 Å². The van der Waals surface area contributed by atoms with Crippen LogP contribution in [0.4, 0.5) is 0 Å². The highest BCUT2D eigenvalue weighted by Gasteiger charge is 2.66. The summed E-state index contributed by atoms with van der Waals surface area (Å²) >= 11 is 0. The van der Waals surface area contributed by atoms with Gasteiger partial charge in [0.05, 0.1) is 11.2 Å². The maximum atomic E-state index is 12.2. The van der Waals surface area contributed by atoms with Crippen molar-refractivity contribution >= 4 is 5.78 Å². The van der Waals surface area contributed by atoms with E-state index in [0.29, 0.717) is 11.7 Å². The lowest BCUT2D eigenvalue weighted by molar-refractivity contribution is -0.128. The normalized spacial score (nSPS) is 52.9. The van der Waals surface area contributed by atoms with Crippen LogP contribution < -0.4 is 0 Å². The number of carbonyl (C=O) groups is 1. The Labute approximate surface area is 110 Å². The molecule has 0 spiro atoms. The Morgan fingerprint density at radius 1 is 1.17 bits per heavy atom. The second-order valence-electron chi connectivity index (χ2n) is 7.96. The molecule has 1 aliphatic heterocycles. The van der Waals surface area contributed by atoms with E-state index in [9.17, 15) is 4.79 Å². The second-order valence-corrected chi connectivity index (χ2v) is 7.96. The van der Waals surface area contributed by atoms with Gasteiger partial charge in [0.25, 0.3) is 0 Å². The topological polar surface area (TPSA) is 29.6 Å². The molecule has 4 unspecified atom stereocenters. The molecule has 0 aromatic rings. The van der Waals surface area contributed by atoms with Crippen molar-refractivity contribution in [2.24, 2.45) is 16.7 Å². The van der Waals surface area contributed by atoms with Crippen LogP contribution in [0.15, 0.2) is 0 Å². The zero-order valence-corrected chi connectivity index (χ0v) is 12.4. The van der Waals surface area contributed by atoms with Gasteiger partial charge < -0.3 is 4.74 Å². The molecule has 3 aliphatic rings. The van der Waals surface area contributed by atoms with Crippen molar-refractivity contribution in [2.75, 3.05) is 0 Å². The lowest BCUT2D eigenvalue weighted by Gasteiger charge is -2.37. The fourth-order valence-electron chi connectivity index (χ4n) is 4.62. The molecule has 3 fully saturated rings. The van der Waals surface area contributed by atoms with Gasteiger partial charge in [-0.2, -0.15) is 0 Å². The Hall–Kier alpha value is -0.370. The molecule has 2 saturated carbocycles. The van der Waals surface area contributed by atoms with Gasteiger partial charge in [-0.25, -0.2) is 0 Å². The van der Waals surface area contributed by atoms with Crippen LogP contribution in [0.1, 0.15) is 66.7 Å². The van der Waals surface area contributed by atoms with Crippen LogP contribution in [0.2, 0.25) is 0 Å². The first kappa shape index (κ1) is 12.7. The van der Waals surface area contributed by atoms with Crippen molar-refractivity contribution in [3.05, 3.63) is 0 Å². The Bertz CT molecular complexity index is 413. The highest BCUT2D eigenvalue weighted by Crippen LogP contribution is 2.67. The molecule has 0 aromatic carbocycles. The van der Waals surface area contributed by atoms with Gasteiger partial charge in [0.1, 0.15) is 5.78 Å². The molecule has 2 heteroatoms. The molecule has 0 aromatic heterocycles. The molecular weight excluding hydrogens is 224 g/mol. The SMILES string of the molecule is CC1(C)OC1(C)CCC1(C)C2CCC1(C)C(=O)C2. The van der Waals surface area contributed by atoms with Crippen molar-refractivity contribution in [1.82, 2.24) is 0 Å². The van der Waals surface area contributed by atoms with E-state index in [1.54, 1.807) is 0 Å². The number of ether oxygens (including phenoxy) is 1. The number of Topliss-reactive ketones (excluding diaryl/α,β-unsaturated/α-hetero) is 1. The van der Waals surface area contributed by atoms with Crippen molar-refractivity contribution < 1.29 is 9.53 Å². The third kappa shape index (κ3) is 1.31.